The maximum Gasteiger partial charge on any atom is 0.308 e. The topological polar surface area (TPSA) is 57.6 Å². The number of carboxylic acids is 1. The number of amides is 1. The molecule has 0 spiro atoms. The van der Waals surface area contributed by atoms with Crippen LogP contribution < -0.4 is 0 Å². The molecule has 1 fully saturated rings. The molecule has 1 aromatic carbocycles. The third kappa shape index (κ3) is 3.54. The number of benzene rings is 1. The molecule has 1 aliphatic rings. The molecular formula is C15H19NO3S. The molecule has 1 heterocycles. The lowest BCUT2D eigenvalue weighted by Crippen LogP contribution is -2.42. The SMILES string of the molecule is CSCc1ccc(C(=O)N2CCC[C@@H](C(=O)O)C2)cc1. The Labute approximate surface area is 123 Å². The number of likely N-dealkylation sites (tertiary alicyclic amines) is 1. The summed E-state index contributed by atoms with van der Waals surface area (Å²) in [5.74, 6) is -0.368. The van der Waals surface area contributed by atoms with E-state index in [0.717, 1.165) is 12.2 Å². The van der Waals surface area contributed by atoms with E-state index in [4.69, 9.17) is 5.11 Å². The largest absolute Gasteiger partial charge is 0.481 e. The van der Waals surface area contributed by atoms with Crippen LogP contribution in [0.1, 0.15) is 28.8 Å². The first-order valence-electron chi connectivity index (χ1n) is 6.71. The summed E-state index contributed by atoms with van der Waals surface area (Å²) in [4.78, 5) is 25.1. The molecule has 1 saturated heterocycles. The minimum atomic E-state index is -0.808. The van der Waals surface area contributed by atoms with Crippen LogP contribution in [0.25, 0.3) is 0 Å². The monoisotopic (exact) mass is 293 g/mol. The molecule has 0 aromatic heterocycles. The predicted octanol–water partition coefficient (Wildman–Crippen LogP) is 2.49. The predicted molar refractivity (Wildman–Crippen MR) is 79.9 cm³/mol. The number of carbonyl (C=O) groups is 2. The van der Waals surface area contributed by atoms with Gasteiger partial charge in [0.1, 0.15) is 0 Å². The first kappa shape index (κ1) is 14.9. The number of rotatable bonds is 4. The van der Waals surface area contributed by atoms with Crippen LogP contribution in [0.15, 0.2) is 24.3 Å². The van der Waals surface area contributed by atoms with Crippen LogP contribution in [-0.2, 0) is 10.5 Å². The summed E-state index contributed by atoms with van der Waals surface area (Å²) in [7, 11) is 0. The summed E-state index contributed by atoms with van der Waals surface area (Å²) in [5, 5.41) is 9.06. The first-order valence-corrected chi connectivity index (χ1v) is 8.11. The molecule has 108 valence electrons. The summed E-state index contributed by atoms with van der Waals surface area (Å²) < 4.78 is 0. The standard InChI is InChI=1S/C15H19NO3S/c1-20-10-11-4-6-12(7-5-11)14(17)16-8-2-3-13(9-16)15(18)19/h4-7,13H,2-3,8-10H2,1H3,(H,18,19)/t13-/m1/s1. The van der Waals surface area contributed by atoms with Crippen LogP contribution in [-0.4, -0.2) is 41.2 Å². The number of hydrogen-bond donors (Lipinski definition) is 1. The molecular weight excluding hydrogens is 274 g/mol. The Bertz CT molecular complexity index is 486. The van der Waals surface area contributed by atoms with E-state index in [-0.39, 0.29) is 5.91 Å². The van der Waals surface area contributed by atoms with Crippen molar-refractivity contribution in [3.8, 4) is 0 Å². The van der Waals surface area contributed by atoms with Gasteiger partial charge in [0, 0.05) is 24.4 Å². The Morgan fingerprint density at radius 1 is 1.35 bits per heavy atom. The fourth-order valence-electron chi connectivity index (χ4n) is 2.46. The number of thioether (sulfide) groups is 1. The van der Waals surface area contributed by atoms with E-state index < -0.39 is 11.9 Å². The lowest BCUT2D eigenvalue weighted by molar-refractivity contribution is -0.143. The van der Waals surface area contributed by atoms with Gasteiger partial charge in [-0.05, 0) is 36.8 Å². The van der Waals surface area contributed by atoms with Gasteiger partial charge in [-0.1, -0.05) is 12.1 Å². The van der Waals surface area contributed by atoms with Crippen LogP contribution in [0.4, 0.5) is 0 Å². The van der Waals surface area contributed by atoms with E-state index in [1.165, 1.54) is 5.56 Å². The lowest BCUT2D eigenvalue weighted by Gasteiger charge is -2.30. The van der Waals surface area contributed by atoms with E-state index in [9.17, 15) is 9.59 Å². The molecule has 0 saturated carbocycles. The maximum absolute atomic E-state index is 12.4. The molecule has 1 aromatic rings. The Morgan fingerprint density at radius 2 is 2.05 bits per heavy atom. The zero-order chi connectivity index (χ0) is 14.5. The van der Waals surface area contributed by atoms with Crippen LogP contribution in [0.3, 0.4) is 0 Å². The third-order valence-electron chi connectivity index (χ3n) is 3.57. The number of carbonyl (C=O) groups excluding carboxylic acids is 1. The molecule has 0 bridgehead atoms. The number of carboxylic acid groups (broad SMARTS) is 1. The van der Waals surface area contributed by atoms with E-state index in [1.807, 2.05) is 30.5 Å². The minimum absolute atomic E-state index is 0.0633. The van der Waals surface area contributed by atoms with Crippen LogP contribution in [0, 0.1) is 5.92 Å². The second-order valence-corrected chi connectivity index (χ2v) is 5.92. The second-order valence-electron chi connectivity index (χ2n) is 5.06. The van der Waals surface area contributed by atoms with Crippen LogP contribution >= 0.6 is 11.8 Å². The maximum atomic E-state index is 12.4. The number of hydrogen-bond acceptors (Lipinski definition) is 3. The molecule has 0 aliphatic carbocycles. The van der Waals surface area contributed by atoms with Crippen LogP contribution in [0.2, 0.25) is 0 Å². The van der Waals surface area contributed by atoms with Crippen molar-refractivity contribution in [2.45, 2.75) is 18.6 Å². The van der Waals surface area contributed by atoms with E-state index in [0.29, 0.717) is 25.1 Å². The molecule has 1 atom stereocenters. The van der Waals surface area contributed by atoms with Crippen molar-refractivity contribution in [3.05, 3.63) is 35.4 Å². The molecule has 0 unspecified atom stereocenters. The average Bonchev–Trinajstić information content (AvgIpc) is 2.48. The Kier molecular flexibility index (Phi) is 5.06. The van der Waals surface area contributed by atoms with Crippen molar-refractivity contribution in [1.82, 2.24) is 4.90 Å². The van der Waals surface area contributed by atoms with E-state index in [1.54, 1.807) is 16.7 Å². The van der Waals surface area contributed by atoms with Gasteiger partial charge in [-0.3, -0.25) is 9.59 Å². The highest BCUT2D eigenvalue weighted by molar-refractivity contribution is 7.97. The van der Waals surface area contributed by atoms with Gasteiger partial charge in [0.05, 0.1) is 5.92 Å². The highest BCUT2D eigenvalue weighted by atomic mass is 32.2. The van der Waals surface area contributed by atoms with Gasteiger partial charge in [0.15, 0.2) is 0 Å². The fourth-order valence-corrected chi connectivity index (χ4v) is 2.98. The third-order valence-corrected chi connectivity index (χ3v) is 4.19. The van der Waals surface area contributed by atoms with E-state index in [2.05, 4.69) is 0 Å². The highest BCUT2D eigenvalue weighted by Crippen LogP contribution is 2.19. The zero-order valence-corrected chi connectivity index (χ0v) is 12.4. The molecule has 1 aliphatic heterocycles. The molecule has 1 amide bonds. The smallest absolute Gasteiger partial charge is 0.308 e. The number of nitrogens with zero attached hydrogens (tertiary/aromatic N) is 1. The number of piperidine rings is 1. The first-order chi connectivity index (χ1) is 9.61. The van der Waals surface area contributed by atoms with Gasteiger partial charge in [-0.2, -0.15) is 11.8 Å². The molecule has 2 rings (SSSR count). The average molecular weight is 293 g/mol. The molecule has 5 heteroatoms. The van der Waals surface area contributed by atoms with Crippen molar-refractivity contribution < 1.29 is 14.7 Å². The Morgan fingerprint density at radius 3 is 2.65 bits per heavy atom. The second kappa shape index (κ2) is 6.79. The van der Waals surface area contributed by atoms with Gasteiger partial charge in [0.25, 0.3) is 5.91 Å². The van der Waals surface area contributed by atoms with Crippen molar-refractivity contribution in [2.75, 3.05) is 19.3 Å². The van der Waals surface area contributed by atoms with Gasteiger partial charge >= 0.3 is 5.97 Å². The highest BCUT2D eigenvalue weighted by Gasteiger charge is 2.28. The summed E-state index contributed by atoms with van der Waals surface area (Å²) in [5.41, 5.74) is 1.83. The van der Waals surface area contributed by atoms with Crippen LogP contribution in [0.5, 0.6) is 0 Å². The summed E-state index contributed by atoms with van der Waals surface area (Å²) in [6.07, 6.45) is 3.46. The number of aliphatic carboxylic acids is 1. The van der Waals surface area contributed by atoms with Crippen molar-refractivity contribution in [3.63, 3.8) is 0 Å². The van der Waals surface area contributed by atoms with Gasteiger partial charge < -0.3 is 10.0 Å². The fraction of sp³-hybridized carbons (Fsp3) is 0.467. The molecule has 20 heavy (non-hydrogen) atoms. The summed E-state index contributed by atoms with van der Waals surface area (Å²) in [6.45, 7) is 0.968. The van der Waals surface area contributed by atoms with Crippen molar-refractivity contribution in [2.24, 2.45) is 5.92 Å². The Hall–Kier alpha value is -1.49. The Balaban J connectivity index is 2.04. The van der Waals surface area contributed by atoms with Crippen molar-refractivity contribution >= 4 is 23.6 Å². The minimum Gasteiger partial charge on any atom is -0.481 e. The molecule has 1 N–H and O–H groups in total. The summed E-state index contributed by atoms with van der Waals surface area (Å²) >= 11 is 1.74. The van der Waals surface area contributed by atoms with Gasteiger partial charge in [-0.15, -0.1) is 0 Å². The van der Waals surface area contributed by atoms with Gasteiger partial charge in [-0.25, -0.2) is 0 Å². The van der Waals surface area contributed by atoms with E-state index >= 15 is 0 Å². The van der Waals surface area contributed by atoms with Crippen molar-refractivity contribution in [1.29, 1.82) is 0 Å². The molecule has 4 nitrogen and oxygen atoms in total. The zero-order valence-electron chi connectivity index (χ0n) is 11.5. The molecule has 0 radical (unpaired) electrons. The van der Waals surface area contributed by atoms with Gasteiger partial charge in [0.2, 0.25) is 0 Å². The summed E-state index contributed by atoms with van der Waals surface area (Å²) in [6, 6.07) is 7.58. The normalized spacial score (nSPS) is 18.9. The lowest BCUT2D eigenvalue weighted by atomic mass is 9.97. The quantitative estimate of drug-likeness (QED) is 0.926.